The van der Waals surface area contributed by atoms with Gasteiger partial charge in [0.1, 0.15) is 0 Å². The topological polar surface area (TPSA) is 73.9 Å². The molecule has 0 radical (unpaired) electrons. The summed E-state index contributed by atoms with van der Waals surface area (Å²) in [5.74, 6) is -0.118. The van der Waals surface area contributed by atoms with Crippen LogP contribution in [0.2, 0.25) is 0 Å². The summed E-state index contributed by atoms with van der Waals surface area (Å²) in [5.41, 5.74) is 0.883. The molecule has 6 nitrogen and oxygen atoms in total. The first-order valence-corrected chi connectivity index (χ1v) is 9.32. The molecule has 0 saturated carbocycles. The molecule has 0 aliphatic heterocycles. The fourth-order valence-corrected chi connectivity index (χ4v) is 2.79. The molecule has 0 aromatic heterocycles. The van der Waals surface area contributed by atoms with Gasteiger partial charge in [-0.2, -0.15) is 0 Å². The molecule has 2 aromatic carbocycles. The van der Waals surface area contributed by atoms with Crippen LogP contribution in [0.4, 0.5) is 5.69 Å². The number of rotatable bonds is 8. The molecule has 1 atom stereocenters. The SMILES string of the molecule is CCCOc1c(Br)cc(C(=O)OC(C)C(=O)Nc2ccccc2)cc1OC. The fraction of sp³-hybridized carbons (Fsp3) is 0.300. The summed E-state index contributed by atoms with van der Waals surface area (Å²) < 4.78 is 16.8. The van der Waals surface area contributed by atoms with E-state index in [0.717, 1.165) is 6.42 Å². The van der Waals surface area contributed by atoms with E-state index in [1.54, 1.807) is 30.3 Å². The Morgan fingerprint density at radius 2 is 1.89 bits per heavy atom. The molecule has 2 rings (SSSR count). The van der Waals surface area contributed by atoms with E-state index in [0.29, 0.717) is 28.3 Å². The lowest BCUT2D eigenvalue weighted by Gasteiger charge is -2.16. The molecule has 0 spiro atoms. The van der Waals surface area contributed by atoms with Crippen LogP contribution in [-0.4, -0.2) is 31.7 Å². The smallest absolute Gasteiger partial charge is 0.339 e. The maximum atomic E-state index is 12.4. The number of para-hydroxylation sites is 1. The van der Waals surface area contributed by atoms with Gasteiger partial charge in [-0.15, -0.1) is 0 Å². The van der Waals surface area contributed by atoms with E-state index in [1.165, 1.54) is 20.1 Å². The van der Waals surface area contributed by atoms with Crippen LogP contribution in [0.25, 0.3) is 0 Å². The van der Waals surface area contributed by atoms with Gasteiger partial charge in [0.05, 0.1) is 23.8 Å². The number of esters is 1. The van der Waals surface area contributed by atoms with Crippen LogP contribution in [0.1, 0.15) is 30.6 Å². The van der Waals surface area contributed by atoms with E-state index in [9.17, 15) is 9.59 Å². The summed E-state index contributed by atoms with van der Waals surface area (Å²) in [4.78, 5) is 24.6. The molecule has 144 valence electrons. The first-order chi connectivity index (χ1) is 13.0. The molecule has 0 bridgehead atoms. The Labute approximate surface area is 166 Å². The van der Waals surface area contributed by atoms with Crippen molar-refractivity contribution in [2.75, 3.05) is 19.0 Å². The second-order valence-electron chi connectivity index (χ2n) is 5.74. The molecule has 0 aliphatic carbocycles. The highest BCUT2D eigenvalue weighted by Gasteiger charge is 2.21. The zero-order valence-corrected chi connectivity index (χ0v) is 17.0. The lowest BCUT2D eigenvalue weighted by Crippen LogP contribution is -2.30. The Morgan fingerprint density at radius 3 is 2.52 bits per heavy atom. The molecule has 0 aliphatic rings. The highest BCUT2D eigenvalue weighted by atomic mass is 79.9. The summed E-state index contributed by atoms with van der Waals surface area (Å²) in [5, 5.41) is 2.69. The van der Waals surface area contributed by atoms with Crippen molar-refractivity contribution in [3.05, 3.63) is 52.5 Å². The molecule has 1 amide bonds. The van der Waals surface area contributed by atoms with Crippen molar-refractivity contribution in [3.63, 3.8) is 0 Å². The van der Waals surface area contributed by atoms with Gasteiger partial charge in [-0.1, -0.05) is 25.1 Å². The Morgan fingerprint density at radius 1 is 1.19 bits per heavy atom. The second kappa shape index (κ2) is 9.97. The number of ether oxygens (including phenoxy) is 3. The van der Waals surface area contributed by atoms with Gasteiger partial charge in [-0.05, 0) is 53.5 Å². The van der Waals surface area contributed by atoms with E-state index < -0.39 is 18.0 Å². The van der Waals surface area contributed by atoms with Crippen LogP contribution in [0.15, 0.2) is 46.9 Å². The van der Waals surface area contributed by atoms with Gasteiger partial charge < -0.3 is 19.5 Å². The number of amides is 1. The van der Waals surface area contributed by atoms with Crippen LogP contribution >= 0.6 is 15.9 Å². The summed E-state index contributed by atoms with van der Waals surface area (Å²) in [6.07, 6.45) is -0.119. The van der Waals surface area contributed by atoms with Crippen molar-refractivity contribution in [1.29, 1.82) is 0 Å². The van der Waals surface area contributed by atoms with Gasteiger partial charge in [-0.25, -0.2) is 4.79 Å². The number of nitrogens with one attached hydrogen (secondary N) is 1. The largest absolute Gasteiger partial charge is 0.493 e. The minimum absolute atomic E-state index is 0.252. The monoisotopic (exact) mass is 435 g/mol. The summed E-state index contributed by atoms with van der Waals surface area (Å²) >= 11 is 3.38. The molecule has 2 aromatic rings. The van der Waals surface area contributed by atoms with E-state index in [4.69, 9.17) is 14.2 Å². The van der Waals surface area contributed by atoms with Gasteiger partial charge in [0, 0.05) is 5.69 Å². The lowest BCUT2D eigenvalue weighted by atomic mass is 10.2. The standard InChI is InChI=1S/C20H22BrNO5/c1-4-10-26-18-16(21)11-14(12-17(18)25-3)20(24)27-13(2)19(23)22-15-8-6-5-7-9-15/h5-9,11-13H,4,10H2,1-3H3,(H,22,23). The molecule has 27 heavy (non-hydrogen) atoms. The summed E-state index contributed by atoms with van der Waals surface area (Å²) in [7, 11) is 1.49. The van der Waals surface area contributed by atoms with Crippen molar-refractivity contribution < 1.29 is 23.8 Å². The minimum atomic E-state index is -0.960. The second-order valence-corrected chi connectivity index (χ2v) is 6.60. The number of benzene rings is 2. The van der Waals surface area contributed by atoms with Gasteiger partial charge in [0.15, 0.2) is 17.6 Å². The molecule has 0 fully saturated rings. The third kappa shape index (κ3) is 5.72. The summed E-state index contributed by atoms with van der Waals surface area (Å²) in [6.45, 7) is 4.03. The highest BCUT2D eigenvalue weighted by molar-refractivity contribution is 9.10. The highest BCUT2D eigenvalue weighted by Crippen LogP contribution is 2.37. The quantitative estimate of drug-likeness (QED) is 0.620. The zero-order valence-electron chi connectivity index (χ0n) is 15.5. The lowest BCUT2D eigenvalue weighted by molar-refractivity contribution is -0.123. The Bertz CT molecular complexity index is 794. The maximum absolute atomic E-state index is 12.4. The Hall–Kier alpha value is -2.54. The average molecular weight is 436 g/mol. The third-order valence-electron chi connectivity index (χ3n) is 3.61. The molecule has 1 unspecified atom stereocenters. The maximum Gasteiger partial charge on any atom is 0.339 e. The fourth-order valence-electron chi connectivity index (χ4n) is 2.23. The average Bonchev–Trinajstić information content (AvgIpc) is 2.67. The molecular formula is C20H22BrNO5. The van der Waals surface area contributed by atoms with Gasteiger partial charge in [0.2, 0.25) is 0 Å². The van der Waals surface area contributed by atoms with Crippen LogP contribution in [0, 0.1) is 0 Å². The molecule has 7 heteroatoms. The van der Waals surface area contributed by atoms with Crippen molar-refractivity contribution >= 4 is 33.5 Å². The van der Waals surface area contributed by atoms with E-state index in [1.807, 2.05) is 13.0 Å². The third-order valence-corrected chi connectivity index (χ3v) is 4.20. The van der Waals surface area contributed by atoms with Gasteiger partial charge in [-0.3, -0.25) is 4.79 Å². The number of anilines is 1. The Kier molecular flexibility index (Phi) is 7.67. The molecule has 0 heterocycles. The van der Waals surface area contributed by atoms with Crippen molar-refractivity contribution in [3.8, 4) is 11.5 Å². The van der Waals surface area contributed by atoms with Gasteiger partial charge >= 0.3 is 5.97 Å². The number of methoxy groups -OCH3 is 1. The predicted molar refractivity (Wildman–Crippen MR) is 106 cm³/mol. The molecular weight excluding hydrogens is 414 g/mol. The number of carbonyl (C=O) groups excluding carboxylic acids is 2. The first-order valence-electron chi connectivity index (χ1n) is 8.53. The van der Waals surface area contributed by atoms with Crippen LogP contribution in [-0.2, 0) is 9.53 Å². The molecule has 0 saturated heterocycles. The molecule has 1 N–H and O–H groups in total. The van der Waals surface area contributed by atoms with E-state index in [-0.39, 0.29) is 5.56 Å². The number of hydrogen-bond acceptors (Lipinski definition) is 5. The van der Waals surface area contributed by atoms with Crippen LogP contribution in [0.5, 0.6) is 11.5 Å². The first kappa shape index (κ1) is 20.8. The van der Waals surface area contributed by atoms with E-state index >= 15 is 0 Å². The van der Waals surface area contributed by atoms with Crippen LogP contribution in [0.3, 0.4) is 0 Å². The summed E-state index contributed by atoms with van der Waals surface area (Å²) in [6, 6.07) is 12.1. The zero-order chi connectivity index (χ0) is 19.8. The minimum Gasteiger partial charge on any atom is -0.493 e. The van der Waals surface area contributed by atoms with Crippen molar-refractivity contribution in [1.82, 2.24) is 0 Å². The van der Waals surface area contributed by atoms with Gasteiger partial charge in [0.25, 0.3) is 5.91 Å². The Balaban J connectivity index is 2.08. The predicted octanol–water partition coefficient (Wildman–Crippen LogP) is 4.43. The van der Waals surface area contributed by atoms with Crippen molar-refractivity contribution in [2.24, 2.45) is 0 Å². The number of halogens is 1. The van der Waals surface area contributed by atoms with Crippen molar-refractivity contribution in [2.45, 2.75) is 26.4 Å². The van der Waals surface area contributed by atoms with Crippen LogP contribution < -0.4 is 14.8 Å². The normalized spacial score (nSPS) is 11.4. The number of carbonyl (C=O) groups is 2. The van der Waals surface area contributed by atoms with E-state index in [2.05, 4.69) is 21.2 Å². The number of hydrogen-bond donors (Lipinski definition) is 1.